The topological polar surface area (TPSA) is 52.5 Å². The molecule has 1 aliphatic rings. The fraction of sp³-hybridized carbons (Fsp3) is 0.364. The lowest BCUT2D eigenvalue weighted by Gasteiger charge is -2.37. The van der Waals surface area contributed by atoms with Crippen molar-refractivity contribution in [2.45, 2.75) is 25.0 Å². The summed E-state index contributed by atoms with van der Waals surface area (Å²) in [5.41, 5.74) is 2.16. The number of hydrogen-bond acceptors (Lipinski definition) is 5. The average molecular weight is 362 g/mol. The summed E-state index contributed by atoms with van der Waals surface area (Å²) >= 11 is 0. The van der Waals surface area contributed by atoms with Gasteiger partial charge in [-0.15, -0.1) is 0 Å². The molecule has 1 aliphatic heterocycles. The second-order valence-corrected chi connectivity index (χ2v) is 7.62. The van der Waals surface area contributed by atoms with Gasteiger partial charge in [-0.2, -0.15) is 0 Å². The van der Waals surface area contributed by atoms with Crippen molar-refractivity contribution < 1.29 is 5.11 Å². The smallest absolute Gasteiger partial charge is 0.147 e. The molecule has 0 spiro atoms. The van der Waals surface area contributed by atoms with Crippen LogP contribution in [0.15, 0.2) is 54.9 Å². The van der Waals surface area contributed by atoms with Gasteiger partial charge in [0.25, 0.3) is 0 Å². The van der Waals surface area contributed by atoms with Crippen LogP contribution in [0.2, 0.25) is 0 Å². The summed E-state index contributed by atoms with van der Waals surface area (Å²) < 4.78 is 0. The van der Waals surface area contributed by atoms with E-state index in [0.717, 1.165) is 31.0 Å². The van der Waals surface area contributed by atoms with E-state index in [1.807, 2.05) is 20.3 Å². The Hall–Kier alpha value is -2.50. The van der Waals surface area contributed by atoms with Crippen LogP contribution in [-0.2, 0) is 6.54 Å². The predicted octanol–water partition coefficient (Wildman–Crippen LogP) is 3.05. The van der Waals surface area contributed by atoms with Gasteiger partial charge in [-0.3, -0.25) is 4.98 Å². The Labute approximate surface area is 160 Å². The van der Waals surface area contributed by atoms with Gasteiger partial charge in [-0.05, 0) is 36.9 Å². The van der Waals surface area contributed by atoms with E-state index in [9.17, 15) is 5.11 Å². The van der Waals surface area contributed by atoms with E-state index in [1.165, 1.54) is 16.3 Å². The molecule has 0 radical (unpaired) electrons. The maximum atomic E-state index is 10.8. The third-order valence-electron chi connectivity index (χ3n) is 5.26. The molecule has 5 heteroatoms. The summed E-state index contributed by atoms with van der Waals surface area (Å²) in [5, 5.41) is 13.3. The number of aliphatic hydroxyl groups is 1. The molecule has 5 nitrogen and oxygen atoms in total. The van der Waals surface area contributed by atoms with Crippen molar-refractivity contribution in [1.29, 1.82) is 0 Å². The fourth-order valence-electron chi connectivity index (χ4n) is 3.91. The molecule has 27 heavy (non-hydrogen) atoms. The fourth-order valence-corrected chi connectivity index (χ4v) is 3.91. The standard InChI is InChI=1S/C22H26N4O/c1-25(2)14-19-12-23-13-22(24-19)26-10-9-20(21(27)15-26)18-8-7-16-5-3-4-6-17(16)11-18/h3-8,11-13,20-21,27H,9-10,14-15H2,1-2H3/t20-,21+/m0/s1. The quantitative estimate of drug-likeness (QED) is 0.773. The Morgan fingerprint density at radius 1 is 1.11 bits per heavy atom. The van der Waals surface area contributed by atoms with Gasteiger partial charge in [-0.25, -0.2) is 4.98 Å². The largest absolute Gasteiger partial charge is 0.391 e. The second-order valence-electron chi connectivity index (χ2n) is 7.62. The highest BCUT2D eigenvalue weighted by atomic mass is 16.3. The van der Waals surface area contributed by atoms with Crippen LogP contribution in [0.1, 0.15) is 23.6 Å². The number of β-amino-alcohol motifs (C(OH)–C–C–N with tert-alkyl or cyclic N) is 1. The van der Waals surface area contributed by atoms with E-state index < -0.39 is 6.10 Å². The summed E-state index contributed by atoms with van der Waals surface area (Å²) in [4.78, 5) is 13.3. The van der Waals surface area contributed by atoms with Gasteiger partial charge in [0.1, 0.15) is 5.82 Å². The predicted molar refractivity (Wildman–Crippen MR) is 109 cm³/mol. The Morgan fingerprint density at radius 3 is 2.70 bits per heavy atom. The highest BCUT2D eigenvalue weighted by Crippen LogP contribution is 2.32. The summed E-state index contributed by atoms with van der Waals surface area (Å²) in [7, 11) is 4.04. The average Bonchev–Trinajstić information content (AvgIpc) is 2.67. The van der Waals surface area contributed by atoms with Gasteiger partial charge in [-0.1, -0.05) is 42.5 Å². The number of hydrogen-bond donors (Lipinski definition) is 1. The first-order chi connectivity index (χ1) is 13.1. The Kier molecular flexibility index (Phi) is 5.05. The molecule has 0 aliphatic carbocycles. The first-order valence-corrected chi connectivity index (χ1v) is 9.47. The van der Waals surface area contributed by atoms with Crippen molar-refractivity contribution >= 4 is 16.6 Å². The maximum absolute atomic E-state index is 10.8. The molecule has 0 amide bonds. The van der Waals surface area contributed by atoms with E-state index in [1.54, 1.807) is 6.20 Å². The first kappa shape index (κ1) is 17.9. The van der Waals surface area contributed by atoms with E-state index >= 15 is 0 Å². The van der Waals surface area contributed by atoms with Crippen LogP contribution in [0.3, 0.4) is 0 Å². The van der Waals surface area contributed by atoms with Crippen LogP contribution >= 0.6 is 0 Å². The minimum atomic E-state index is -0.417. The molecule has 0 bridgehead atoms. The lowest BCUT2D eigenvalue weighted by atomic mass is 9.86. The van der Waals surface area contributed by atoms with E-state index in [0.29, 0.717) is 6.54 Å². The molecular weight excluding hydrogens is 336 g/mol. The molecular formula is C22H26N4O. The Balaban J connectivity index is 1.50. The van der Waals surface area contributed by atoms with Crippen LogP contribution < -0.4 is 4.90 Å². The SMILES string of the molecule is CN(C)Cc1cncc(N2CC[C@@H](c3ccc4ccccc4c3)[C@H](O)C2)n1. The number of aromatic nitrogens is 2. The van der Waals surface area contributed by atoms with E-state index in [4.69, 9.17) is 4.98 Å². The molecule has 4 rings (SSSR count). The lowest BCUT2D eigenvalue weighted by molar-refractivity contribution is 0.129. The molecule has 1 N–H and O–H groups in total. The van der Waals surface area contributed by atoms with E-state index in [2.05, 4.69) is 57.2 Å². The van der Waals surface area contributed by atoms with Gasteiger partial charge < -0.3 is 14.9 Å². The lowest BCUT2D eigenvalue weighted by Crippen LogP contribution is -2.43. The third kappa shape index (κ3) is 3.94. The van der Waals surface area contributed by atoms with Gasteiger partial charge in [0, 0.05) is 31.7 Å². The summed E-state index contributed by atoms with van der Waals surface area (Å²) in [6.45, 7) is 2.21. The normalized spacial score (nSPS) is 20.4. The molecule has 1 saturated heterocycles. The maximum Gasteiger partial charge on any atom is 0.147 e. The molecule has 3 aromatic rings. The van der Waals surface area contributed by atoms with Crippen LogP contribution in [0.5, 0.6) is 0 Å². The van der Waals surface area contributed by atoms with Crippen LogP contribution in [0.4, 0.5) is 5.82 Å². The zero-order chi connectivity index (χ0) is 18.8. The molecule has 1 fully saturated rings. The molecule has 0 saturated carbocycles. The highest BCUT2D eigenvalue weighted by molar-refractivity contribution is 5.83. The number of rotatable bonds is 4. The minimum absolute atomic E-state index is 0.156. The van der Waals surface area contributed by atoms with Crippen molar-refractivity contribution in [2.75, 3.05) is 32.1 Å². The Morgan fingerprint density at radius 2 is 1.93 bits per heavy atom. The van der Waals surface area contributed by atoms with Crippen molar-refractivity contribution in [1.82, 2.24) is 14.9 Å². The number of benzene rings is 2. The molecule has 0 unspecified atom stereocenters. The summed E-state index contributed by atoms with van der Waals surface area (Å²) in [6, 6.07) is 14.9. The molecule has 2 heterocycles. The van der Waals surface area contributed by atoms with Crippen LogP contribution in [0, 0.1) is 0 Å². The zero-order valence-electron chi connectivity index (χ0n) is 15.9. The zero-order valence-corrected chi connectivity index (χ0v) is 15.9. The number of aliphatic hydroxyl groups excluding tert-OH is 1. The number of piperidine rings is 1. The minimum Gasteiger partial charge on any atom is -0.391 e. The molecule has 140 valence electrons. The van der Waals surface area contributed by atoms with Crippen molar-refractivity contribution in [3.8, 4) is 0 Å². The van der Waals surface area contributed by atoms with Crippen molar-refractivity contribution in [3.05, 3.63) is 66.1 Å². The van der Waals surface area contributed by atoms with Crippen molar-refractivity contribution in [2.24, 2.45) is 0 Å². The highest BCUT2D eigenvalue weighted by Gasteiger charge is 2.29. The van der Waals surface area contributed by atoms with Gasteiger partial charge >= 0.3 is 0 Å². The summed E-state index contributed by atoms with van der Waals surface area (Å²) in [5.74, 6) is 1.01. The Bertz CT molecular complexity index is 927. The van der Waals surface area contributed by atoms with Crippen molar-refractivity contribution in [3.63, 3.8) is 0 Å². The van der Waals surface area contributed by atoms with Crippen LogP contribution in [-0.4, -0.2) is 53.3 Å². The van der Waals surface area contributed by atoms with E-state index in [-0.39, 0.29) is 5.92 Å². The monoisotopic (exact) mass is 362 g/mol. The molecule has 2 atom stereocenters. The number of nitrogens with zero attached hydrogens (tertiary/aromatic N) is 4. The number of anilines is 1. The summed E-state index contributed by atoms with van der Waals surface area (Å²) in [6.07, 6.45) is 4.09. The number of fused-ring (bicyclic) bond motifs is 1. The van der Waals surface area contributed by atoms with Gasteiger partial charge in [0.15, 0.2) is 0 Å². The third-order valence-corrected chi connectivity index (χ3v) is 5.26. The van der Waals surface area contributed by atoms with Crippen LogP contribution in [0.25, 0.3) is 10.8 Å². The molecule has 1 aromatic heterocycles. The molecule has 2 aromatic carbocycles. The van der Waals surface area contributed by atoms with Gasteiger partial charge in [0.2, 0.25) is 0 Å². The first-order valence-electron chi connectivity index (χ1n) is 9.47. The van der Waals surface area contributed by atoms with Gasteiger partial charge in [0.05, 0.1) is 18.0 Å². The second kappa shape index (κ2) is 7.62.